The van der Waals surface area contributed by atoms with Gasteiger partial charge in [0, 0.05) is 20.2 Å². The summed E-state index contributed by atoms with van der Waals surface area (Å²) in [6.07, 6.45) is 23.8. The summed E-state index contributed by atoms with van der Waals surface area (Å²) in [7, 11) is 13.4. The molecule has 0 atom stereocenters. The zero-order valence-electron chi connectivity index (χ0n) is 28.0. The Morgan fingerprint density at radius 3 is 1.55 bits per heavy atom. The number of halogens is 2. The first-order valence-electron chi connectivity index (χ1n) is 17.5. The van der Waals surface area contributed by atoms with Crippen molar-refractivity contribution in [3.63, 3.8) is 0 Å². The first-order valence-corrected chi connectivity index (χ1v) is 24.7. The number of aryl methyl sites for hydroxylation is 3. The van der Waals surface area contributed by atoms with Gasteiger partial charge in [0.05, 0.1) is 17.0 Å². The third-order valence-electron chi connectivity index (χ3n) is 10.2. The average Bonchev–Trinajstić information content (AvgIpc) is 3.45. The van der Waals surface area contributed by atoms with E-state index in [0.717, 1.165) is 18.7 Å². The molecule has 0 spiro atoms. The van der Waals surface area contributed by atoms with Crippen LogP contribution in [0.25, 0.3) is 0 Å². The molecule has 4 aliphatic rings. The topological polar surface area (TPSA) is 6.48 Å². The van der Waals surface area contributed by atoms with Crippen molar-refractivity contribution in [2.45, 2.75) is 134 Å². The molecule has 0 bridgehead atoms. The molecule has 0 unspecified atom stereocenters. The van der Waals surface area contributed by atoms with Crippen LogP contribution in [0.4, 0.5) is 5.69 Å². The van der Waals surface area contributed by atoms with Crippen LogP contribution in [0, 0.1) is 27.4 Å². The fourth-order valence-electron chi connectivity index (χ4n) is 8.33. The fraction of sp³-hybridized carbons (Fsp3) is 0.632. The molecule has 2 aromatic rings. The number of likely N-dealkylation sites (N-methyl/N-ethyl adjacent to an activating group) is 1. The molecular weight excluding hydrogens is 687 g/mol. The van der Waals surface area contributed by atoms with Crippen LogP contribution in [0.15, 0.2) is 42.5 Å². The second-order valence-corrected chi connectivity index (χ2v) is 22.9. The number of nitrogens with zero attached hydrogens (tertiary/aromatic N) is 2. The molecular formula is C38H59Cl2N2PRu. The molecule has 6 heteroatoms. The van der Waals surface area contributed by atoms with Crippen LogP contribution in [-0.2, 0) is 13.5 Å². The first kappa shape index (κ1) is 36.5. The maximum atomic E-state index is 5.67. The Morgan fingerprint density at radius 2 is 1.16 bits per heavy atom. The van der Waals surface area contributed by atoms with E-state index in [1.807, 2.05) is 34.9 Å². The average molecular weight is 747 g/mol. The normalized spacial score (nSPS) is 20.9. The molecule has 0 N–H and O–H groups in total. The van der Waals surface area contributed by atoms with E-state index in [0.29, 0.717) is 0 Å². The van der Waals surface area contributed by atoms with Crippen LogP contribution in [0.1, 0.15) is 119 Å². The Morgan fingerprint density at radius 1 is 0.705 bits per heavy atom. The molecule has 1 heterocycles. The van der Waals surface area contributed by atoms with Crippen molar-refractivity contribution in [1.29, 1.82) is 0 Å². The summed E-state index contributed by atoms with van der Waals surface area (Å²) in [5.41, 5.74) is 10.3. The number of hydrogen-bond donors (Lipinski definition) is 0. The SMILES string of the molecule is C1CCC([PH+](C2CCCCC2)C2CCCCC2)CC1.Cc1cc(C)c(N2[CH-]N(C)CC2)c(C)c1.[Cl][Ru]([Cl])=[CH]c1ccccc1. The molecule has 3 saturated carbocycles. The van der Waals surface area contributed by atoms with E-state index in [1.54, 1.807) is 96.3 Å². The van der Waals surface area contributed by atoms with Crippen molar-refractivity contribution in [1.82, 2.24) is 4.90 Å². The van der Waals surface area contributed by atoms with Gasteiger partial charge in [-0.3, -0.25) is 0 Å². The van der Waals surface area contributed by atoms with Gasteiger partial charge in [-0.25, -0.2) is 0 Å². The van der Waals surface area contributed by atoms with Gasteiger partial charge in [0.15, 0.2) is 0 Å². The Balaban J connectivity index is 0.000000158. The van der Waals surface area contributed by atoms with Crippen LogP contribution >= 0.6 is 27.3 Å². The van der Waals surface area contributed by atoms with Crippen molar-refractivity contribution in [3.8, 4) is 0 Å². The third-order valence-corrected chi connectivity index (χ3v) is 16.6. The molecule has 2 nitrogen and oxygen atoms in total. The maximum absolute atomic E-state index is 5.67. The minimum absolute atomic E-state index is 0.0465. The van der Waals surface area contributed by atoms with Crippen LogP contribution in [0.3, 0.4) is 0 Å². The molecule has 1 aliphatic heterocycles. The molecule has 2 aromatic carbocycles. The van der Waals surface area contributed by atoms with Gasteiger partial charge in [-0.1, -0.05) is 37.0 Å². The Hall–Kier alpha value is -0.297. The molecule has 0 aromatic heterocycles. The van der Waals surface area contributed by atoms with Gasteiger partial charge in [0.25, 0.3) is 0 Å². The summed E-state index contributed by atoms with van der Waals surface area (Å²) in [5.74, 6) is 0. The van der Waals surface area contributed by atoms with Gasteiger partial charge >= 0.3 is 73.4 Å². The van der Waals surface area contributed by atoms with Gasteiger partial charge in [0.1, 0.15) is 0 Å². The summed E-state index contributed by atoms with van der Waals surface area (Å²) < 4.78 is 1.92. The Labute approximate surface area is 284 Å². The van der Waals surface area contributed by atoms with Crippen molar-refractivity contribution in [3.05, 3.63) is 71.4 Å². The van der Waals surface area contributed by atoms with Crippen LogP contribution in [0.5, 0.6) is 0 Å². The van der Waals surface area contributed by atoms with Gasteiger partial charge in [-0.05, 0) is 123 Å². The first-order chi connectivity index (χ1) is 21.3. The molecule has 6 rings (SSSR count). The van der Waals surface area contributed by atoms with Crippen molar-refractivity contribution in [2.24, 2.45) is 0 Å². The summed E-state index contributed by atoms with van der Waals surface area (Å²) in [5, 5.41) is 0. The molecule has 44 heavy (non-hydrogen) atoms. The quantitative estimate of drug-likeness (QED) is 0.171. The molecule has 248 valence electrons. The predicted molar refractivity (Wildman–Crippen MR) is 197 cm³/mol. The van der Waals surface area contributed by atoms with Crippen LogP contribution < -0.4 is 4.90 Å². The zero-order chi connectivity index (χ0) is 31.3. The van der Waals surface area contributed by atoms with Gasteiger partial charge in [0.2, 0.25) is 0 Å². The van der Waals surface area contributed by atoms with E-state index in [-0.39, 0.29) is 7.92 Å². The molecule has 1 saturated heterocycles. The predicted octanol–water partition coefficient (Wildman–Crippen LogP) is 11.4. The van der Waals surface area contributed by atoms with Crippen LogP contribution in [0.2, 0.25) is 0 Å². The van der Waals surface area contributed by atoms with Gasteiger partial charge in [-0.15, -0.1) is 0 Å². The summed E-state index contributed by atoms with van der Waals surface area (Å²) >= 11 is -1.61. The van der Waals surface area contributed by atoms with E-state index >= 15 is 0 Å². The zero-order valence-corrected chi connectivity index (χ0v) is 32.2. The summed E-state index contributed by atoms with van der Waals surface area (Å²) in [4.78, 5) is 4.59. The van der Waals surface area contributed by atoms with Crippen LogP contribution in [-0.4, -0.2) is 46.6 Å². The van der Waals surface area contributed by atoms with E-state index in [2.05, 4.69) is 56.4 Å². The van der Waals surface area contributed by atoms with E-state index in [1.165, 1.54) is 39.4 Å². The van der Waals surface area contributed by atoms with E-state index < -0.39 is 13.5 Å². The van der Waals surface area contributed by atoms with Gasteiger partial charge in [-0.2, -0.15) is 6.67 Å². The molecule has 3 aliphatic carbocycles. The summed E-state index contributed by atoms with van der Waals surface area (Å²) in [6.45, 7) is 11.0. The molecule has 0 radical (unpaired) electrons. The fourth-order valence-corrected chi connectivity index (χ4v) is 15.4. The second-order valence-electron chi connectivity index (χ2n) is 13.8. The van der Waals surface area contributed by atoms with Crippen molar-refractivity contribution in [2.75, 3.05) is 25.0 Å². The summed E-state index contributed by atoms with van der Waals surface area (Å²) in [6, 6.07) is 14.4. The van der Waals surface area contributed by atoms with Gasteiger partial charge < -0.3 is 9.80 Å². The Kier molecular flexibility index (Phi) is 16.2. The molecule has 0 amide bonds. The minimum atomic E-state index is -1.61. The van der Waals surface area contributed by atoms with E-state index in [4.69, 9.17) is 19.4 Å². The number of rotatable bonds is 5. The van der Waals surface area contributed by atoms with Crippen molar-refractivity contribution >= 4 is 37.6 Å². The second kappa shape index (κ2) is 19.5. The molecule has 4 fully saturated rings. The number of hydrogen-bond acceptors (Lipinski definition) is 2. The third kappa shape index (κ3) is 11.7. The van der Waals surface area contributed by atoms with Crippen molar-refractivity contribution < 1.29 is 13.5 Å². The standard InChI is InChI=1S/C18H33P.C13H19N2.C7H6.2ClH.Ru/c1-4-10-16(11-5-1)19(17-12-6-2-7-13-17)18-14-8-3-9-15-18;1-10-7-11(2)13(12(3)8-10)15-6-5-14(4)9-15;1-7-5-3-2-4-6-7;;;/h16-18H,1-15H2;7-9H,5-6H2,1-4H3;1-6H;2*1H;/q;-1;;;;+2/p-1. The monoisotopic (exact) mass is 746 g/mol. The number of benzene rings is 2. The number of anilines is 1. The van der Waals surface area contributed by atoms with E-state index in [9.17, 15) is 0 Å². The Bertz CT molecular complexity index is 1070.